The van der Waals surface area contributed by atoms with Crippen molar-refractivity contribution in [2.75, 3.05) is 7.05 Å². The Morgan fingerprint density at radius 2 is 2.17 bits per heavy atom. The van der Waals surface area contributed by atoms with Gasteiger partial charge in [-0.05, 0) is 36.5 Å². The van der Waals surface area contributed by atoms with E-state index in [1.165, 1.54) is 0 Å². The van der Waals surface area contributed by atoms with Crippen molar-refractivity contribution in [2.45, 2.75) is 38.3 Å². The highest BCUT2D eigenvalue weighted by Gasteiger charge is 2.27. The Bertz CT molecular complexity index is 393. The summed E-state index contributed by atoms with van der Waals surface area (Å²) in [7, 11) is 1.85. The number of hydrogen-bond acceptors (Lipinski definition) is 3. The average Bonchev–Trinajstić information content (AvgIpc) is 2.76. The number of rotatable bonds is 4. The zero-order chi connectivity index (χ0) is 13.0. The summed E-state index contributed by atoms with van der Waals surface area (Å²) in [4.78, 5) is 17.9. The second kappa shape index (κ2) is 5.96. The van der Waals surface area contributed by atoms with Gasteiger partial charge in [-0.2, -0.15) is 0 Å². The van der Waals surface area contributed by atoms with E-state index >= 15 is 0 Å². The van der Waals surface area contributed by atoms with E-state index in [9.17, 15) is 4.79 Å². The minimum atomic E-state index is 0.189. The molecule has 1 aromatic rings. The third kappa shape index (κ3) is 3.29. The van der Waals surface area contributed by atoms with Crippen molar-refractivity contribution in [2.24, 2.45) is 11.7 Å². The van der Waals surface area contributed by atoms with Crippen LogP contribution in [0.4, 0.5) is 0 Å². The standard InChI is InChI=1S/C14H21N3O/c1-17(10-11-5-7-16-8-6-11)14(18)9-12-3-2-4-13(12)15/h5-8,12-13H,2-4,9-10,15H2,1H3/t12-,13+/m0/s1. The maximum absolute atomic E-state index is 12.1. The minimum absolute atomic E-state index is 0.189. The molecular formula is C14H21N3O. The molecule has 1 aliphatic rings. The Morgan fingerprint density at radius 3 is 2.78 bits per heavy atom. The van der Waals surface area contributed by atoms with Crippen molar-refractivity contribution >= 4 is 5.91 Å². The van der Waals surface area contributed by atoms with Crippen LogP contribution in [-0.2, 0) is 11.3 Å². The molecule has 18 heavy (non-hydrogen) atoms. The molecule has 1 heterocycles. The van der Waals surface area contributed by atoms with Gasteiger partial charge in [-0.15, -0.1) is 0 Å². The highest BCUT2D eigenvalue weighted by atomic mass is 16.2. The van der Waals surface area contributed by atoms with Crippen LogP contribution in [0.15, 0.2) is 24.5 Å². The fourth-order valence-electron chi connectivity index (χ4n) is 2.55. The Kier molecular flexibility index (Phi) is 4.31. The van der Waals surface area contributed by atoms with Crippen molar-refractivity contribution in [3.63, 3.8) is 0 Å². The first-order valence-electron chi connectivity index (χ1n) is 6.55. The zero-order valence-corrected chi connectivity index (χ0v) is 10.9. The molecule has 0 aromatic carbocycles. The lowest BCUT2D eigenvalue weighted by Gasteiger charge is -2.21. The van der Waals surface area contributed by atoms with E-state index < -0.39 is 0 Å². The summed E-state index contributed by atoms with van der Waals surface area (Å²) in [6, 6.07) is 4.08. The molecule has 98 valence electrons. The van der Waals surface area contributed by atoms with Crippen LogP contribution in [0, 0.1) is 5.92 Å². The van der Waals surface area contributed by atoms with Crippen LogP contribution in [0.5, 0.6) is 0 Å². The van der Waals surface area contributed by atoms with Crippen LogP contribution < -0.4 is 5.73 Å². The van der Waals surface area contributed by atoms with Gasteiger partial charge in [0.25, 0.3) is 0 Å². The van der Waals surface area contributed by atoms with Crippen LogP contribution in [0.25, 0.3) is 0 Å². The summed E-state index contributed by atoms with van der Waals surface area (Å²) in [6.07, 6.45) is 7.40. The fourth-order valence-corrected chi connectivity index (χ4v) is 2.55. The van der Waals surface area contributed by atoms with Crippen LogP contribution in [0.3, 0.4) is 0 Å². The molecule has 2 atom stereocenters. The highest BCUT2D eigenvalue weighted by molar-refractivity contribution is 5.76. The Hall–Kier alpha value is -1.42. The number of nitrogens with zero attached hydrogens (tertiary/aromatic N) is 2. The van der Waals surface area contributed by atoms with Gasteiger partial charge in [-0.1, -0.05) is 6.42 Å². The van der Waals surface area contributed by atoms with Gasteiger partial charge in [0.05, 0.1) is 0 Å². The number of pyridine rings is 1. The number of amides is 1. The van der Waals surface area contributed by atoms with Gasteiger partial charge < -0.3 is 10.6 Å². The van der Waals surface area contributed by atoms with Gasteiger partial charge in [-0.3, -0.25) is 9.78 Å². The van der Waals surface area contributed by atoms with E-state index in [0.29, 0.717) is 18.9 Å². The smallest absolute Gasteiger partial charge is 0.222 e. The summed E-state index contributed by atoms with van der Waals surface area (Å²) >= 11 is 0. The first kappa shape index (κ1) is 13.0. The van der Waals surface area contributed by atoms with Crippen LogP contribution >= 0.6 is 0 Å². The molecule has 1 aliphatic carbocycles. The number of aromatic nitrogens is 1. The van der Waals surface area contributed by atoms with Crippen LogP contribution in [0.1, 0.15) is 31.2 Å². The van der Waals surface area contributed by atoms with E-state index in [0.717, 1.165) is 24.8 Å². The average molecular weight is 247 g/mol. The fraction of sp³-hybridized carbons (Fsp3) is 0.571. The molecular weight excluding hydrogens is 226 g/mol. The Labute approximate surface area is 108 Å². The number of carbonyl (C=O) groups is 1. The Morgan fingerprint density at radius 1 is 1.44 bits per heavy atom. The van der Waals surface area contributed by atoms with Crippen LogP contribution in [-0.4, -0.2) is 28.9 Å². The summed E-state index contributed by atoms with van der Waals surface area (Å²) in [5, 5.41) is 0. The summed E-state index contributed by atoms with van der Waals surface area (Å²) in [5.74, 6) is 0.562. The molecule has 1 fully saturated rings. The van der Waals surface area contributed by atoms with E-state index in [2.05, 4.69) is 4.98 Å². The van der Waals surface area contributed by atoms with Gasteiger partial charge in [0, 0.05) is 38.4 Å². The normalized spacial score (nSPS) is 23.0. The summed E-state index contributed by atoms with van der Waals surface area (Å²) in [5.41, 5.74) is 7.11. The number of carbonyl (C=O) groups excluding carboxylic acids is 1. The van der Waals surface area contributed by atoms with Crippen LogP contribution in [0.2, 0.25) is 0 Å². The van der Waals surface area contributed by atoms with E-state index in [4.69, 9.17) is 5.73 Å². The monoisotopic (exact) mass is 247 g/mol. The topological polar surface area (TPSA) is 59.2 Å². The Balaban J connectivity index is 1.85. The maximum atomic E-state index is 12.1. The lowest BCUT2D eigenvalue weighted by molar-refractivity contribution is -0.131. The minimum Gasteiger partial charge on any atom is -0.341 e. The quantitative estimate of drug-likeness (QED) is 0.878. The molecule has 0 aliphatic heterocycles. The molecule has 0 unspecified atom stereocenters. The van der Waals surface area contributed by atoms with Gasteiger partial charge in [0.2, 0.25) is 5.91 Å². The lowest BCUT2D eigenvalue weighted by atomic mass is 9.99. The predicted molar refractivity (Wildman–Crippen MR) is 70.6 cm³/mol. The molecule has 0 spiro atoms. The molecule has 0 saturated heterocycles. The van der Waals surface area contributed by atoms with Crippen molar-refractivity contribution in [1.29, 1.82) is 0 Å². The number of nitrogens with two attached hydrogens (primary N) is 1. The lowest BCUT2D eigenvalue weighted by Crippen LogP contribution is -2.32. The molecule has 2 N–H and O–H groups in total. The van der Waals surface area contributed by atoms with Crippen molar-refractivity contribution in [3.05, 3.63) is 30.1 Å². The van der Waals surface area contributed by atoms with E-state index in [1.807, 2.05) is 19.2 Å². The molecule has 4 nitrogen and oxygen atoms in total. The van der Waals surface area contributed by atoms with E-state index in [1.54, 1.807) is 17.3 Å². The van der Waals surface area contributed by atoms with E-state index in [-0.39, 0.29) is 11.9 Å². The third-order valence-electron chi connectivity index (χ3n) is 3.75. The van der Waals surface area contributed by atoms with Crippen molar-refractivity contribution < 1.29 is 4.79 Å². The zero-order valence-electron chi connectivity index (χ0n) is 10.9. The molecule has 1 amide bonds. The molecule has 1 saturated carbocycles. The second-order valence-corrected chi connectivity index (χ2v) is 5.16. The van der Waals surface area contributed by atoms with Gasteiger partial charge in [0.1, 0.15) is 0 Å². The first-order valence-corrected chi connectivity index (χ1v) is 6.55. The third-order valence-corrected chi connectivity index (χ3v) is 3.75. The van der Waals surface area contributed by atoms with Gasteiger partial charge in [-0.25, -0.2) is 0 Å². The highest BCUT2D eigenvalue weighted by Crippen LogP contribution is 2.27. The summed E-state index contributed by atoms with van der Waals surface area (Å²) in [6.45, 7) is 0.642. The maximum Gasteiger partial charge on any atom is 0.222 e. The summed E-state index contributed by atoms with van der Waals surface area (Å²) < 4.78 is 0. The molecule has 2 rings (SSSR count). The van der Waals surface area contributed by atoms with Crippen molar-refractivity contribution in [1.82, 2.24) is 9.88 Å². The largest absolute Gasteiger partial charge is 0.341 e. The first-order chi connectivity index (χ1) is 8.66. The van der Waals surface area contributed by atoms with Crippen molar-refractivity contribution in [3.8, 4) is 0 Å². The second-order valence-electron chi connectivity index (χ2n) is 5.16. The SMILES string of the molecule is CN(Cc1ccncc1)C(=O)C[C@@H]1CCC[C@H]1N. The van der Waals surface area contributed by atoms with Gasteiger partial charge >= 0.3 is 0 Å². The molecule has 0 radical (unpaired) electrons. The number of hydrogen-bond donors (Lipinski definition) is 1. The predicted octanol–water partition coefficient (Wildman–Crippen LogP) is 1.56. The van der Waals surface area contributed by atoms with Gasteiger partial charge in [0.15, 0.2) is 0 Å². The molecule has 4 heteroatoms. The molecule has 0 bridgehead atoms. The molecule has 1 aromatic heterocycles.